The Kier molecular flexibility index (Phi) is 8.48. The quantitative estimate of drug-likeness (QED) is 0.375. The third-order valence-corrected chi connectivity index (χ3v) is 8.79. The fourth-order valence-electron chi connectivity index (χ4n) is 6.03. The molecule has 0 radical (unpaired) electrons. The highest BCUT2D eigenvalue weighted by atomic mass is 32.2. The molecule has 0 aromatic carbocycles. The number of ether oxygens (including phenoxy) is 2. The Bertz CT molecular complexity index is 1470. The highest BCUT2D eigenvalue weighted by molar-refractivity contribution is 7.92. The van der Waals surface area contributed by atoms with Gasteiger partial charge in [-0.25, -0.2) is 18.4 Å². The first-order valence-corrected chi connectivity index (χ1v) is 16.8. The van der Waals surface area contributed by atoms with E-state index in [1.54, 1.807) is 18.5 Å². The summed E-state index contributed by atoms with van der Waals surface area (Å²) in [5, 5.41) is 4.16. The van der Waals surface area contributed by atoms with Crippen LogP contribution in [-0.4, -0.2) is 91.0 Å². The van der Waals surface area contributed by atoms with Crippen molar-refractivity contribution in [1.82, 2.24) is 24.8 Å². The average Bonchev–Trinajstić information content (AvgIpc) is 3.39. The number of pyridine rings is 2. The smallest absolute Gasteiger partial charge is 0.229 e. The Hall–Kier alpha value is -3.45. The monoisotopic (exact) mass is 596 g/mol. The third kappa shape index (κ3) is 7.30. The first-order valence-electron chi connectivity index (χ1n) is 14.9. The number of nitrogens with zero attached hydrogens (tertiary/aromatic N) is 6. The van der Waals surface area contributed by atoms with Crippen LogP contribution in [0.4, 0.5) is 17.5 Å². The summed E-state index contributed by atoms with van der Waals surface area (Å²) < 4.78 is 38.8. The number of hydrogen-bond acceptors (Lipinski definition) is 11. The molecule has 3 fully saturated rings. The van der Waals surface area contributed by atoms with Gasteiger partial charge in [-0.2, -0.15) is 4.98 Å². The van der Waals surface area contributed by atoms with Crippen molar-refractivity contribution in [1.29, 1.82) is 0 Å². The van der Waals surface area contributed by atoms with E-state index in [1.807, 2.05) is 6.07 Å². The number of rotatable bonds is 9. The molecule has 1 saturated carbocycles. The number of piperidine rings is 1. The van der Waals surface area contributed by atoms with E-state index in [2.05, 4.69) is 41.8 Å². The van der Waals surface area contributed by atoms with Gasteiger partial charge in [0.1, 0.15) is 18.0 Å². The van der Waals surface area contributed by atoms with Crippen LogP contribution in [0, 0.1) is 0 Å². The van der Waals surface area contributed by atoms with E-state index < -0.39 is 10.0 Å². The lowest BCUT2D eigenvalue weighted by atomic mass is 9.93. The van der Waals surface area contributed by atoms with Gasteiger partial charge in [0.15, 0.2) is 5.75 Å². The topological polar surface area (TPSA) is 135 Å². The van der Waals surface area contributed by atoms with Crippen molar-refractivity contribution in [2.75, 3.05) is 54.4 Å². The molecule has 2 N–H and O–H groups in total. The van der Waals surface area contributed by atoms with Gasteiger partial charge in [0.05, 0.1) is 41.4 Å². The molecule has 226 valence electrons. The summed E-state index contributed by atoms with van der Waals surface area (Å²) in [7, 11) is -1.34. The van der Waals surface area contributed by atoms with E-state index in [0.717, 1.165) is 88.7 Å². The van der Waals surface area contributed by atoms with Gasteiger partial charge < -0.3 is 24.6 Å². The van der Waals surface area contributed by atoms with Gasteiger partial charge in [0, 0.05) is 38.3 Å². The second kappa shape index (κ2) is 12.4. The molecule has 1 atom stereocenters. The van der Waals surface area contributed by atoms with Crippen molar-refractivity contribution in [3.8, 4) is 11.6 Å². The molecule has 42 heavy (non-hydrogen) atoms. The molecule has 2 saturated heterocycles. The molecule has 3 aromatic heterocycles. The normalized spacial score (nSPS) is 23.6. The number of fused-ring (bicyclic) bond motifs is 1. The Morgan fingerprint density at radius 2 is 1.64 bits per heavy atom. The summed E-state index contributed by atoms with van der Waals surface area (Å²) in [6.07, 6.45) is 14.4. The van der Waals surface area contributed by atoms with E-state index >= 15 is 0 Å². The lowest BCUT2D eigenvalue weighted by Crippen LogP contribution is -2.32. The second-order valence-corrected chi connectivity index (χ2v) is 13.5. The van der Waals surface area contributed by atoms with Crippen LogP contribution in [0.2, 0.25) is 0 Å². The number of hydrogen-bond donors (Lipinski definition) is 2. The van der Waals surface area contributed by atoms with Crippen LogP contribution in [0.5, 0.6) is 11.6 Å². The van der Waals surface area contributed by atoms with Gasteiger partial charge in [0.25, 0.3) is 0 Å². The maximum atomic E-state index is 11.8. The number of sulfonamides is 1. The molecule has 0 amide bonds. The van der Waals surface area contributed by atoms with Crippen LogP contribution in [-0.2, 0) is 10.0 Å². The minimum atomic E-state index is -3.44. The highest BCUT2D eigenvalue weighted by Crippen LogP contribution is 2.33. The summed E-state index contributed by atoms with van der Waals surface area (Å²) in [6, 6.07) is 3.98. The first kappa shape index (κ1) is 28.7. The van der Waals surface area contributed by atoms with Gasteiger partial charge in [-0.1, -0.05) is 0 Å². The largest absolute Gasteiger partial charge is 0.486 e. The molecule has 2 aliphatic heterocycles. The Morgan fingerprint density at radius 1 is 0.881 bits per heavy atom. The van der Waals surface area contributed by atoms with Crippen LogP contribution in [0.15, 0.2) is 30.7 Å². The molecule has 0 spiro atoms. The van der Waals surface area contributed by atoms with E-state index in [-0.39, 0.29) is 18.2 Å². The number of anilines is 3. The van der Waals surface area contributed by atoms with Crippen molar-refractivity contribution in [3.05, 3.63) is 30.7 Å². The molecular weight excluding hydrogens is 556 g/mol. The second-order valence-electron chi connectivity index (χ2n) is 11.8. The Morgan fingerprint density at radius 3 is 2.33 bits per heavy atom. The molecule has 1 aliphatic carbocycles. The van der Waals surface area contributed by atoms with E-state index in [4.69, 9.17) is 14.5 Å². The molecule has 0 unspecified atom stereocenters. The van der Waals surface area contributed by atoms with Gasteiger partial charge in [-0.05, 0) is 64.5 Å². The standard InChI is InChI=1S/C29H40N8O4S/c1-36-13-10-23(19-36)40-24-17-31-29(32-18-24)33-20-6-8-22(9-7-20)41-28-25-14-21(35-42(2,38)39)16-30-26(25)15-27(34-28)37-11-4-3-5-12-37/h14-18,20,22-23,35H,3-13,19H2,1-2H3,(H,31,32,33)/t20-,22+,23-/m1/s1. The molecule has 3 aromatic rings. The fourth-order valence-corrected chi connectivity index (χ4v) is 6.57. The zero-order valence-corrected chi connectivity index (χ0v) is 25.1. The van der Waals surface area contributed by atoms with Crippen molar-refractivity contribution >= 4 is 38.4 Å². The number of likely N-dealkylation sites (tertiary alicyclic amines) is 1. The van der Waals surface area contributed by atoms with Crippen LogP contribution >= 0.6 is 0 Å². The molecule has 12 nitrogen and oxygen atoms in total. The average molecular weight is 597 g/mol. The van der Waals surface area contributed by atoms with Crippen LogP contribution in [0.25, 0.3) is 10.9 Å². The summed E-state index contributed by atoms with van der Waals surface area (Å²) in [6.45, 7) is 3.88. The summed E-state index contributed by atoms with van der Waals surface area (Å²) >= 11 is 0. The molecule has 6 rings (SSSR count). The van der Waals surface area contributed by atoms with Crippen molar-refractivity contribution in [2.24, 2.45) is 0 Å². The SMILES string of the molecule is CN1CC[C@@H](Oc2cnc(N[C@H]3CC[C@@H](Oc4nc(N5CCCCC5)cc5ncc(NS(C)(=O)=O)cc45)CC3)nc2)C1. The number of aromatic nitrogens is 4. The summed E-state index contributed by atoms with van der Waals surface area (Å²) in [5.41, 5.74) is 1.13. The Labute approximate surface area is 247 Å². The molecule has 3 aliphatic rings. The molecule has 5 heterocycles. The third-order valence-electron chi connectivity index (χ3n) is 8.18. The predicted octanol–water partition coefficient (Wildman–Crippen LogP) is 3.67. The van der Waals surface area contributed by atoms with E-state index in [1.165, 1.54) is 12.6 Å². The van der Waals surface area contributed by atoms with Crippen molar-refractivity contribution in [2.45, 2.75) is 69.6 Å². The van der Waals surface area contributed by atoms with Gasteiger partial charge in [0.2, 0.25) is 21.9 Å². The fraction of sp³-hybridized carbons (Fsp3) is 0.586. The van der Waals surface area contributed by atoms with E-state index in [9.17, 15) is 8.42 Å². The molecule has 13 heteroatoms. The maximum absolute atomic E-state index is 11.8. The van der Waals surface area contributed by atoms with Crippen molar-refractivity contribution < 1.29 is 17.9 Å². The number of nitrogens with one attached hydrogen (secondary N) is 2. The van der Waals surface area contributed by atoms with Gasteiger partial charge in [-0.15, -0.1) is 0 Å². The maximum Gasteiger partial charge on any atom is 0.229 e. The highest BCUT2D eigenvalue weighted by Gasteiger charge is 2.26. The zero-order valence-electron chi connectivity index (χ0n) is 24.3. The van der Waals surface area contributed by atoms with Gasteiger partial charge >= 0.3 is 0 Å². The lowest BCUT2D eigenvalue weighted by Gasteiger charge is -2.31. The van der Waals surface area contributed by atoms with Crippen molar-refractivity contribution in [3.63, 3.8) is 0 Å². The minimum absolute atomic E-state index is 0.0110. The lowest BCUT2D eigenvalue weighted by molar-refractivity contribution is 0.146. The van der Waals surface area contributed by atoms with Crippen LogP contribution < -0.4 is 24.4 Å². The van der Waals surface area contributed by atoms with Crippen LogP contribution in [0.1, 0.15) is 51.4 Å². The molecule has 0 bridgehead atoms. The first-order chi connectivity index (χ1) is 20.3. The van der Waals surface area contributed by atoms with Gasteiger partial charge in [-0.3, -0.25) is 9.71 Å². The van der Waals surface area contributed by atoms with E-state index in [0.29, 0.717) is 28.7 Å². The minimum Gasteiger partial charge on any atom is -0.486 e. The number of likely N-dealkylation sites (N-methyl/N-ethyl adjacent to an activating group) is 1. The zero-order chi connectivity index (χ0) is 29.1. The molecular formula is C29H40N8O4S. The van der Waals surface area contributed by atoms with Crippen LogP contribution in [0.3, 0.4) is 0 Å². The predicted molar refractivity (Wildman–Crippen MR) is 163 cm³/mol. The summed E-state index contributed by atoms with van der Waals surface area (Å²) in [4.78, 5) is 23.0. The summed E-state index contributed by atoms with van der Waals surface area (Å²) in [5.74, 6) is 2.66. The Balaban J connectivity index is 1.11.